The van der Waals surface area contributed by atoms with E-state index < -0.39 is 5.60 Å². The first-order valence-corrected chi connectivity index (χ1v) is 8.29. The minimum atomic E-state index is -0.981. The summed E-state index contributed by atoms with van der Waals surface area (Å²) in [6.45, 7) is 1.21. The fourth-order valence-electron chi connectivity index (χ4n) is 3.05. The Hall–Kier alpha value is -2.48. The fraction of sp³-hybridized carbons (Fsp3) is 0.471. The SMILES string of the molecule is Cn1nncc1CNC(=O)N1CCC(O)(Cc2ccccc2F)CC1. The largest absolute Gasteiger partial charge is 0.389 e. The van der Waals surface area contributed by atoms with Crippen molar-refractivity contribution in [2.75, 3.05) is 13.1 Å². The third-order valence-corrected chi connectivity index (χ3v) is 4.69. The Morgan fingerprint density at radius 1 is 1.36 bits per heavy atom. The molecular formula is C17H22FN5O2. The molecule has 0 bridgehead atoms. The van der Waals surface area contributed by atoms with Crippen molar-refractivity contribution < 1.29 is 14.3 Å². The summed E-state index contributed by atoms with van der Waals surface area (Å²) in [7, 11) is 1.76. The summed E-state index contributed by atoms with van der Waals surface area (Å²) >= 11 is 0. The molecule has 25 heavy (non-hydrogen) atoms. The molecule has 1 fully saturated rings. The number of amides is 2. The Kier molecular flexibility index (Phi) is 4.98. The van der Waals surface area contributed by atoms with Crippen molar-refractivity contribution in [1.82, 2.24) is 25.2 Å². The molecule has 1 aromatic heterocycles. The van der Waals surface area contributed by atoms with Crippen LogP contribution in [0.15, 0.2) is 30.5 Å². The van der Waals surface area contributed by atoms with Crippen LogP contribution in [0.4, 0.5) is 9.18 Å². The summed E-state index contributed by atoms with van der Waals surface area (Å²) in [5.74, 6) is -0.305. The van der Waals surface area contributed by atoms with Gasteiger partial charge in [-0.15, -0.1) is 5.10 Å². The van der Waals surface area contributed by atoms with Gasteiger partial charge >= 0.3 is 6.03 Å². The van der Waals surface area contributed by atoms with E-state index in [1.165, 1.54) is 6.07 Å². The molecule has 1 aliphatic rings. The van der Waals surface area contributed by atoms with E-state index in [9.17, 15) is 14.3 Å². The third kappa shape index (κ3) is 4.14. The lowest BCUT2D eigenvalue weighted by atomic mass is 9.85. The molecule has 8 heteroatoms. The number of piperidine rings is 1. The van der Waals surface area contributed by atoms with Gasteiger partial charge in [0, 0.05) is 26.6 Å². The maximum atomic E-state index is 13.8. The molecule has 1 aromatic carbocycles. The molecule has 0 spiro atoms. The highest BCUT2D eigenvalue weighted by Gasteiger charge is 2.34. The zero-order chi connectivity index (χ0) is 17.9. The summed E-state index contributed by atoms with van der Waals surface area (Å²) in [5, 5.41) is 21.1. The number of rotatable bonds is 4. The number of nitrogens with one attached hydrogen (secondary N) is 1. The standard InChI is InChI=1S/C17H22FN5O2/c1-22-14(12-20-21-22)11-19-16(24)23-8-6-17(25,7-9-23)10-13-4-2-3-5-15(13)18/h2-5,12,25H,6-11H2,1H3,(H,19,24). The number of carbonyl (C=O) groups is 1. The minimum Gasteiger partial charge on any atom is -0.389 e. The number of benzene rings is 1. The van der Waals surface area contributed by atoms with Crippen LogP contribution in [0.1, 0.15) is 24.1 Å². The molecule has 3 rings (SSSR count). The molecule has 0 saturated carbocycles. The number of carbonyl (C=O) groups excluding carboxylic acids is 1. The fourth-order valence-corrected chi connectivity index (χ4v) is 3.05. The first-order valence-electron chi connectivity index (χ1n) is 8.29. The van der Waals surface area contributed by atoms with Crippen LogP contribution in [0.3, 0.4) is 0 Å². The van der Waals surface area contributed by atoms with Crippen LogP contribution in [0, 0.1) is 5.82 Å². The van der Waals surface area contributed by atoms with Gasteiger partial charge in [-0.25, -0.2) is 9.18 Å². The lowest BCUT2D eigenvalue weighted by Gasteiger charge is -2.38. The van der Waals surface area contributed by atoms with Crippen LogP contribution < -0.4 is 5.32 Å². The summed E-state index contributed by atoms with van der Waals surface area (Å²) in [4.78, 5) is 13.9. The monoisotopic (exact) mass is 347 g/mol. The van der Waals surface area contributed by atoms with E-state index >= 15 is 0 Å². The van der Waals surface area contributed by atoms with Gasteiger partial charge in [-0.2, -0.15) is 0 Å². The van der Waals surface area contributed by atoms with Crippen LogP contribution in [0.2, 0.25) is 0 Å². The number of hydrogen-bond acceptors (Lipinski definition) is 4. The van der Waals surface area contributed by atoms with E-state index in [0.717, 1.165) is 5.69 Å². The lowest BCUT2D eigenvalue weighted by molar-refractivity contribution is -0.0122. The molecule has 1 aliphatic heterocycles. The molecular weight excluding hydrogens is 325 g/mol. The van der Waals surface area contributed by atoms with Crippen LogP contribution in [-0.4, -0.2) is 49.7 Å². The summed E-state index contributed by atoms with van der Waals surface area (Å²) in [6, 6.07) is 6.29. The van der Waals surface area contributed by atoms with Gasteiger partial charge in [0.1, 0.15) is 5.82 Å². The Balaban J connectivity index is 1.51. The molecule has 7 nitrogen and oxygen atoms in total. The first kappa shape index (κ1) is 17.3. The Labute approximate surface area is 145 Å². The second-order valence-electron chi connectivity index (χ2n) is 6.49. The van der Waals surface area contributed by atoms with Crippen LogP contribution in [0.25, 0.3) is 0 Å². The van der Waals surface area contributed by atoms with E-state index in [0.29, 0.717) is 38.0 Å². The van der Waals surface area contributed by atoms with E-state index in [1.807, 2.05) is 0 Å². The third-order valence-electron chi connectivity index (χ3n) is 4.69. The highest BCUT2D eigenvalue weighted by molar-refractivity contribution is 5.74. The number of aromatic nitrogens is 3. The van der Waals surface area contributed by atoms with Crippen molar-refractivity contribution in [3.8, 4) is 0 Å². The van der Waals surface area contributed by atoms with Crippen molar-refractivity contribution in [1.29, 1.82) is 0 Å². The second kappa shape index (κ2) is 7.18. The average molecular weight is 347 g/mol. The van der Waals surface area contributed by atoms with E-state index in [1.54, 1.807) is 41.0 Å². The average Bonchev–Trinajstić information content (AvgIpc) is 3.00. The number of nitrogens with zero attached hydrogens (tertiary/aromatic N) is 4. The van der Waals surface area contributed by atoms with Gasteiger partial charge in [0.25, 0.3) is 0 Å². The smallest absolute Gasteiger partial charge is 0.317 e. The predicted molar refractivity (Wildman–Crippen MR) is 89.1 cm³/mol. The van der Waals surface area contributed by atoms with Crippen LogP contribution in [0.5, 0.6) is 0 Å². The molecule has 2 N–H and O–H groups in total. The van der Waals surface area contributed by atoms with Gasteiger partial charge in [0.15, 0.2) is 0 Å². The number of likely N-dealkylation sites (tertiary alicyclic amines) is 1. The molecule has 2 heterocycles. The quantitative estimate of drug-likeness (QED) is 0.871. The number of aliphatic hydroxyl groups is 1. The van der Waals surface area contributed by atoms with Crippen molar-refractivity contribution in [3.05, 3.63) is 47.5 Å². The number of urea groups is 1. The van der Waals surface area contributed by atoms with E-state index in [-0.39, 0.29) is 18.3 Å². The minimum absolute atomic E-state index is 0.186. The van der Waals surface area contributed by atoms with Crippen LogP contribution >= 0.6 is 0 Å². The van der Waals surface area contributed by atoms with Crippen LogP contribution in [-0.2, 0) is 20.0 Å². The summed E-state index contributed by atoms with van der Waals surface area (Å²) < 4.78 is 15.4. The number of aryl methyl sites for hydroxylation is 1. The van der Waals surface area contributed by atoms with E-state index in [2.05, 4.69) is 15.6 Å². The maximum Gasteiger partial charge on any atom is 0.317 e. The summed E-state index contributed by atoms with van der Waals surface area (Å²) in [5.41, 5.74) is 0.332. The molecule has 0 aliphatic carbocycles. The predicted octanol–water partition coefficient (Wildman–Crippen LogP) is 1.23. The van der Waals surface area contributed by atoms with E-state index in [4.69, 9.17) is 0 Å². The summed E-state index contributed by atoms with van der Waals surface area (Å²) in [6.07, 6.45) is 2.70. The maximum absolute atomic E-state index is 13.8. The van der Waals surface area contributed by atoms with Crippen molar-refractivity contribution in [3.63, 3.8) is 0 Å². The molecule has 134 valence electrons. The zero-order valence-corrected chi connectivity index (χ0v) is 14.2. The second-order valence-corrected chi connectivity index (χ2v) is 6.49. The highest BCUT2D eigenvalue weighted by atomic mass is 19.1. The van der Waals surface area contributed by atoms with Crippen molar-refractivity contribution in [2.45, 2.75) is 31.4 Å². The molecule has 0 unspecified atom stereocenters. The normalized spacial score (nSPS) is 16.7. The zero-order valence-electron chi connectivity index (χ0n) is 14.2. The number of hydrogen-bond donors (Lipinski definition) is 2. The first-order chi connectivity index (χ1) is 12.0. The van der Waals surface area contributed by atoms with Crippen molar-refractivity contribution >= 4 is 6.03 Å². The lowest BCUT2D eigenvalue weighted by Crippen LogP contribution is -2.50. The Bertz CT molecular complexity index is 740. The number of halogens is 1. The van der Waals surface area contributed by atoms with Gasteiger partial charge in [-0.3, -0.25) is 4.68 Å². The van der Waals surface area contributed by atoms with Gasteiger partial charge in [-0.05, 0) is 24.5 Å². The molecule has 2 amide bonds. The molecule has 2 aromatic rings. The van der Waals surface area contributed by atoms with Gasteiger partial charge in [-0.1, -0.05) is 23.4 Å². The Morgan fingerprint density at radius 3 is 2.72 bits per heavy atom. The topological polar surface area (TPSA) is 83.3 Å². The molecule has 0 atom stereocenters. The highest BCUT2D eigenvalue weighted by Crippen LogP contribution is 2.27. The molecule has 0 radical (unpaired) electrons. The van der Waals surface area contributed by atoms with Gasteiger partial charge in [0.2, 0.25) is 0 Å². The van der Waals surface area contributed by atoms with Gasteiger partial charge in [0.05, 0.1) is 24.0 Å². The van der Waals surface area contributed by atoms with Gasteiger partial charge < -0.3 is 15.3 Å². The van der Waals surface area contributed by atoms with Crippen molar-refractivity contribution in [2.24, 2.45) is 7.05 Å². The Morgan fingerprint density at radius 2 is 2.08 bits per heavy atom. The molecule has 1 saturated heterocycles.